The van der Waals surface area contributed by atoms with Crippen LogP contribution in [0.3, 0.4) is 0 Å². The highest BCUT2D eigenvalue weighted by molar-refractivity contribution is 9.10. The number of ether oxygens (including phenoxy) is 1. The average Bonchev–Trinajstić information content (AvgIpc) is 2.51. The summed E-state index contributed by atoms with van der Waals surface area (Å²) in [5.41, 5.74) is -1.91. The van der Waals surface area contributed by atoms with Crippen LogP contribution >= 0.6 is 15.9 Å². The first-order valence-corrected chi connectivity index (χ1v) is 7.68. The van der Waals surface area contributed by atoms with E-state index in [4.69, 9.17) is 4.74 Å². The minimum absolute atomic E-state index is 0.276. The van der Waals surface area contributed by atoms with Gasteiger partial charge in [-0.05, 0) is 44.2 Å². The first kappa shape index (κ1) is 17.9. The Balaban J connectivity index is 2.17. The summed E-state index contributed by atoms with van der Waals surface area (Å²) >= 11 is 3.29. The van der Waals surface area contributed by atoms with Crippen LogP contribution in [0.5, 0.6) is 5.75 Å². The highest BCUT2D eigenvalue weighted by atomic mass is 79.9. The number of carbonyl (C=O) groups is 1. The maximum atomic E-state index is 13.8. The molecule has 126 valence electrons. The number of hydrogen-bond acceptors (Lipinski definition) is 4. The smallest absolute Gasteiger partial charge is 0.271 e. The first-order chi connectivity index (χ1) is 11.2. The third kappa shape index (κ3) is 4.29. The quantitative estimate of drug-likeness (QED) is 0.603. The maximum absolute atomic E-state index is 13.8. The second kappa shape index (κ2) is 6.96. The SMILES string of the molecule is CC(C)(Oc1ccc(Br)cc1)C(=O)Nc1cc([N+](=O)[O-])ccc1F. The van der Waals surface area contributed by atoms with E-state index in [1.807, 2.05) is 0 Å². The fourth-order valence-corrected chi connectivity index (χ4v) is 2.10. The minimum atomic E-state index is -1.31. The molecule has 2 aromatic rings. The van der Waals surface area contributed by atoms with Crippen LogP contribution in [-0.2, 0) is 4.79 Å². The van der Waals surface area contributed by atoms with Gasteiger partial charge in [0, 0.05) is 16.6 Å². The Morgan fingerprint density at radius 2 is 1.88 bits per heavy atom. The number of anilines is 1. The molecule has 0 saturated carbocycles. The number of hydrogen-bond donors (Lipinski definition) is 1. The number of nitro benzene ring substituents is 1. The Kier molecular flexibility index (Phi) is 5.18. The molecule has 0 heterocycles. The molecule has 0 spiro atoms. The first-order valence-electron chi connectivity index (χ1n) is 6.89. The molecule has 6 nitrogen and oxygen atoms in total. The van der Waals surface area contributed by atoms with E-state index in [1.165, 1.54) is 13.8 Å². The number of amides is 1. The van der Waals surface area contributed by atoms with E-state index in [1.54, 1.807) is 24.3 Å². The van der Waals surface area contributed by atoms with Crippen molar-refractivity contribution in [2.45, 2.75) is 19.4 Å². The van der Waals surface area contributed by atoms with Gasteiger partial charge in [0.05, 0.1) is 10.6 Å². The predicted octanol–water partition coefficient (Wildman–Crippen LogP) is 4.29. The summed E-state index contributed by atoms with van der Waals surface area (Å²) in [5, 5.41) is 13.1. The minimum Gasteiger partial charge on any atom is -0.478 e. The third-order valence-electron chi connectivity index (χ3n) is 3.14. The van der Waals surface area contributed by atoms with E-state index in [-0.39, 0.29) is 11.4 Å². The highest BCUT2D eigenvalue weighted by Gasteiger charge is 2.31. The molecule has 0 radical (unpaired) electrons. The van der Waals surface area contributed by atoms with Gasteiger partial charge in [0.2, 0.25) is 0 Å². The molecule has 0 atom stereocenters. The van der Waals surface area contributed by atoms with Crippen molar-refractivity contribution in [1.82, 2.24) is 0 Å². The molecule has 0 aliphatic heterocycles. The molecule has 0 saturated heterocycles. The summed E-state index contributed by atoms with van der Waals surface area (Å²) < 4.78 is 20.2. The van der Waals surface area contributed by atoms with Crippen molar-refractivity contribution in [1.29, 1.82) is 0 Å². The number of nitro groups is 1. The predicted molar refractivity (Wildman–Crippen MR) is 90.5 cm³/mol. The molecular weight excluding hydrogens is 383 g/mol. The van der Waals surface area contributed by atoms with E-state index in [0.29, 0.717) is 5.75 Å². The molecule has 0 aliphatic rings. The monoisotopic (exact) mass is 396 g/mol. The van der Waals surface area contributed by atoms with Crippen LogP contribution < -0.4 is 10.1 Å². The number of nitrogens with zero attached hydrogens (tertiary/aromatic N) is 1. The fourth-order valence-electron chi connectivity index (χ4n) is 1.84. The number of benzene rings is 2. The third-order valence-corrected chi connectivity index (χ3v) is 3.67. The largest absolute Gasteiger partial charge is 0.478 e. The normalized spacial score (nSPS) is 11.0. The van der Waals surface area contributed by atoms with E-state index in [0.717, 1.165) is 22.7 Å². The Hall–Kier alpha value is -2.48. The van der Waals surface area contributed by atoms with Crippen molar-refractivity contribution in [3.63, 3.8) is 0 Å². The van der Waals surface area contributed by atoms with Crippen molar-refractivity contribution in [3.8, 4) is 5.75 Å². The zero-order valence-corrected chi connectivity index (χ0v) is 14.5. The fraction of sp³-hybridized carbons (Fsp3) is 0.188. The Labute approximate surface area is 145 Å². The van der Waals surface area contributed by atoms with E-state index >= 15 is 0 Å². The number of non-ortho nitro benzene ring substituents is 1. The van der Waals surface area contributed by atoms with Gasteiger partial charge < -0.3 is 10.1 Å². The summed E-state index contributed by atoms with van der Waals surface area (Å²) in [5.74, 6) is -0.948. The summed E-state index contributed by atoms with van der Waals surface area (Å²) in [6.07, 6.45) is 0. The highest BCUT2D eigenvalue weighted by Crippen LogP contribution is 2.25. The zero-order chi connectivity index (χ0) is 17.9. The van der Waals surface area contributed by atoms with E-state index in [9.17, 15) is 19.3 Å². The van der Waals surface area contributed by atoms with Crippen molar-refractivity contribution >= 4 is 33.2 Å². The molecule has 0 unspecified atom stereocenters. The molecule has 0 aliphatic carbocycles. The van der Waals surface area contributed by atoms with Crippen molar-refractivity contribution in [2.75, 3.05) is 5.32 Å². The molecular formula is C16H14BrFN2O4. The lowest BCUT2D eigenvalue weighted by atomic mass is 10.1. The topological polar surface area (TPSA) is 81.5 Å². The lowest BCUT2D eigenvalue weighted by molar-refractivity contribution is -0.384. The van der Waals surface area contributed by atoms with Gasteiger partial charge in [-0.1, -0.05) is 15.9 Å². The van der Waals surface area contributed by atoms with Gasteiger partial charge >= 0.3 is 0 Å². The molecule has 0 aromatic heterocycles. The Morgan fingerprint density at radius 3 is 2.46 bits per heavy atom. The summed E-state index contributed by atoms with van der Waals surface area (Å²) in [6.45, 7) is 3.03. The van der Waals surface area contributed by atoms with Crippen LogP contribution in [-0.4, -0.2) is 16.4 Å². The Morgan fingerprint density at radius 1 is 1.25 bits per heavy atom. The lowest BCUT2D eigenvalue weighted by Crippen LogP contribution is -2.42. The molecule has 2 rings (SSSR count). The van der Waals surface area contributed by atoms with Crippen LogP contribution in [0.1, 0.15) is 13.8 Å². The van der Waals surface area contributed by atoms with Crippen molar-refractivity contribution < 1.29 is 18.8 Å². The number of halogens is 2. The lowest BCUT2D eigenvalue weighted by Gasteiger charge is -2.25. The van der Waals surface area contributed by atoms with Crippen LogP contribution in [0.25, 0.3) is 0 Å². The van der Waals surface area contributed by atoms with Crippen LogP contribution in [0, 0.1) is 15.9 Å². The zero-order valence-electron chi connectivity index (χ0n) is 12.9. The average molecular weight is 397 g/mol. The number of rotatable bonds is 5. The Bertz CT molecular complexity index is 778. The van der Waals surface area contributed by atoms with Gasteiger partial charge in [-0.3, -0.25) is 14.9 Å². The summed E-state index contributed by atoms with van der Waals surface area (Å²) in [4.78, 5) is 22.4. The molecule has 8 heteroatoms. The summed E-state index contributed by atoms with van der Waals surface area (Å²) in [6, 6.07) is 9.76. The van der Waals surface area contributed by atoms with Gasteiger partial charge in [-0.15, -0.1) is 0 Å². The molecule has 0 fully saturated rings. The van der Waals surface area contributed by atoms with E-state index < -0.39 is 22.2 Å². The van der Waals surface area contributed by atoms with Gasteiger partial charge in [0.25, 0.3) is 11.6 Å². The van der Waals surface area contributed by atoms with Crippen LogP contribution in [0.2, 0.25) is 0 Å². The maximum Gasteiger partial charge on any atom is 0.271 e. The number of carbonyl (C=O) groups excluding carboxylic acids is 1. The van der Waals surface area contributed by atoms with E-state index in [2.05, 4.69) is 21.2 Å². The van der Waals surface area contributed by atoms with Crippen molar-refractivity contribution in [3.05, 3.63) is 62.9 Å². The molecule has 24 heavy (non-hydrogen) atoms. The summed E-state index contributed by atoms with van der Waals surface area (Å²) in [7, 11) is 0. The second-order valence-electron chi connectivity index (χ2n) is 5.44. The second-order valence-corrected chi connectivity index (χ2v) is 6.36. The van der Waals surface area contributed by atoms with Gasteiger partial charge in [0.1, 0.15) is 11.6 Å². The molecule has 1 N–H and O–H groups in total. The van der Waals surface area contributed by atoms with Crippen LogP contribution in [0.4, 0.5) is 15.8 Å². The standard InChI is InChI=1S/C16H14BrFN2O4/c1-16(2,24-12-6-3-10(17)4-7-12)15(21)19-14-9-11(20(22)23)5-8-13(14)18/h3-9H,1-2H3,(H,19,21). The van der Waals surface area contributed by atoms with Gasteiger partial charge in [-0.25, -0.2) is 4.39 Å². The molecule has 1 amide bonds. The van der Waals surface area contributed by atoms with Gasteiger partial charge in [-0.2, -0.15) is 0 Å². The molecule has 2 aromatic carbocycles. The molecule has 0 bridgehead atoms. The van der Waals surface area contributed by atoms with Crippen molar-refractivity contribution in [2.24, 2.45) is 0 Å². The van der Waals surface area contributed by atoms with Crippen LogP contribution in [0.15, 0.2) is 46.9 Å². The number of nitrogens with one attached hydrogen (secondary N) is 1. The van der Waals surface area contributed by atoms with Gasteiger partial charge in [0.15, 0.2) is 5.60 Å².